The van der Waals surface area contributed by atoms with Gasteiger partial charge in [-0.3, -0.25) is 0 Å². The second kappa shape index (κ2) is 9.72. The normalized spacial score (nSPS) is 14.7. The zero-order chi connectivity index (χ0) is 18.3. The first-order chi connectivity index (χ1) is 11.1. The largest absolute Gasteiger partial charge is 0.598 e. The van der Waals surface area contributed by atoms with Crippen molar-refractivity contribution in [1.29, 1.82) is 0 Å². The van der Waals surface area contributed by atoms with E-state index >= 15 is 0 Å². The molecule has 0 saturated heterocycles. The Morgan fingerprint density at radius 3 is 2.62 bits per heavy atom. The Hall–Kier alpha value is -0.670. The summed E-state index contributed by atoms with van der Waals surface area (Å²) in [6.45, 7) is 10.2. The number of ether oxygens (including phenoxy) is 2. The Morgan fingerprint density at radius 1 is 1.42 bits per heavy atom. The van der Waals surface area contributed by atoms with E-state index in [1.807, 2.05) is 20.8 Å². The van der Waals surface area contributed by atoms with E-state index in [2.05, 4.69) is 28.3 Å². The quantitative estimate of drug-likeness (QED) is 0.404. The predicted octanol–water partition coefficient (Wildman–Crippen LogP) is 3.43. The Kier molecular flexibility index (Phi) is 8.66. The van der Waals surface area contributed by atoms with Crippen LogP contribution in [0.2, 0.25) is 0 Å². The van der Waals surface area contributed by atoms with E-state index in [-0.39, 0.29) is 17.6 Å². The summed E-state index contributed by atoms with van der Waals surface area (Å²) in [5.74, 6) is 0.0832. The SMILES string of the molecule is COC(=O)c1csc([C@@H](CCC(C)C)OCN[S@@+]([O-])C(C)(C)C)n1. The fourth-order valence-electron chi connectivity index (χ4n) is 1.80. The fraction of sp³-hybridized carbons (Fsp3) is 0.750. The van der Waals surface area contributed by atoms with Crippen molar-refractivity contribution >= 4 is 28.7 Å². The first-order valence-corrected chi connectivity index (χ1v) is 9.98. The van der Waals surface area contributed by atoms with Gasteiger partial charge in [-0.05, 0) is 39.5 Å². The number of hydrogen-bond acceptors (Lipinski definition) is 7. The summed E-state index contributed by atoms with van der Waals surface area (Å²) >= 11 is 0.184. The number of nitrogens with zero attached hydrogens (tertiary/aromatic N) is 1. The van der Waals surface area contributed by atoms with Gasteiger partial charge in [-0.2, -0.15) is 0 Å². The van der Waals surface area contributed by atoms with Gasteiger partial charge in [0.1, 0.15) is 22.6 Å². The first kappa shape index (κ1) is 21.4. The zero-order valence-electron chi connectivity index (χ0n) is 15.3. The standard InChI is InChI=1S/C16H28N2O4S2/c1-11(2)7-8-13(22-10-17-24(20)16(3,4)5)14-18-12(9-23-14)15(19)21-6/h9,11,13,17H,7-8,10H2,1-6H3/t13-,24+/m1/s1. The van der Waals surface area contributed by atoms with Gasteiger partial charge in [-0.15, -0.1) is 16.1 Å². The Labute approximate surface area is 151 Å². The summed E-state index contributed by atoms with van der Waals surface area (Å²) in [7, 11) is 1.33. The molecule has 1 aromatic rings. The third kappa shape index (κ3) is 7.06. The molecule has 138 valence electrons. The van der Waals surface area contributed by atoms with E-state index in [1.165, 1.54) is 18.4 Å². The number of carbonyl (C=O) groups is 1. The molecule has 1 rings (SSSR count). The molecule has 8 heteroatoms. The van der Waals surface area contributed by atoms with Crippen LogP contribution < -0.4 is 4.72 Å². The van der Waals surface area contributed by atoms with Crippen LogP contribution in [-0.4, -0.2) is 34.1 Å². The smallest absolute Gasteiger partial charge is 0.357 e. The molecule has 0 spiro atoms. The summed E-state index contributed by atoms with van der Waals surface area (Å²) < 4.78 is 25.1. The van der Waals surface area contributed by atoms with Crippen LogP contribution in [0.25, 0.3) is 0 Å². The molecule has 0 aliphatic rings. The number of esters is 1. The van der Waals surface area contributed by atoms with Crippen LogP contribution in [0, 0.1) is 5.92 Å². The summed E-state index contributed by atoms with van der Waals surface area (Å²) in [5.41, 5.74) is 0.293. The summed E-state index contributed by atoms with van der Waals surface area (Å²) in [6, 6.07) is 0. The molecule has 24 heavy (non-hydrogen) atoms. The highest BCUT2D eigenvalue weighted by Crippen LogP contribution is 2.28. The van der Waals surface area contributed by atoms with Gasteiger partial charge >= 0.3 is 5.97 Å². The molecule has 0 radical (unpaired) electrons. The van der Waals surface area contributed by atoms with E-state index in [4.69, 9.17) is 4.74 Å². The van der Waals surface area contributed by atoms with Crippen LogP contribution in [0.1, 0.15) is 69.1 Å². The molecule has 1 heterocycles. The Balaban J connectivity index is 2.70. The second-order valence-corrected chi connectivity index (χ2v) is 9.80. The van der Waals surface area contributed by atoms with E-state index in [1.54, 1.807) is 5.38 Å². The maximum Gasteiger partial charge on any atom is 0.357 e. The van der Waals surface area contributed by atoms with Crippen LogP contribution in [0.3, 0.4) is 0 Å². The monoisotopic (exact) mass is 376 g/mol. The molecule has 0 aromatic carbocycles. The van der Waals surface area contributed by atoms with E-state index in [0.29, 0.717) is 11.6 Å². The molecule has 1 N–H and O–H groups in total. The highest BCUT2D eigenvalue weighted by molar-refractivity contribution is 7.90. The van der Waals surface area contributed by atoms with Gasteiger partial charge in [-0.1, -0.05) is 13.8 Å². The average molecular weight is 377 g/mol. The van der Waals surface area contributed by atoms with Gasteiger partial charge in [0.25, 0.3) is 0 Å². The van der Waals surface area contributed by atoms with Crippen molar-refractivity contribution in [2.24, 2.45) is 5.92 Å². The molecule has 1 aromatic heterocycles. The zero-order valence-corrected chi connectivity index (χ0v) is 16.9. The van der Waals surface area contributed by atoms with Crippen molar-refractivity contribution in [3.63, 3.8) is 0 Å². The molecule has 0 aliphatic heterocycles. The Morgan fingerprint density at radius 2 is 2.08 bits per heavy atom. The number of hydrogen-bond donors (Lipinski definition) is 1. The highest BCUT2D eigenvalue weighted by Gasteiger charge is 2.27. The van der Waals surface area contributed by atoms with Crippen LogP contribution >= 0.6 is 11.3 Å². The molecule has 0 fully saturated rings. The number of carbonyl (C=O) groups excluding carboxylic acids is 1. The van der Waals surface area contributed by atoms with Crippen LogP contribution in [0.15, 0.2) is 5.38 Å². The minimum atomic E-state index is -1.19. The maximum absolute atomic E-state index is 12.0. The van der Waals surface area contributed by atoms with Gasteiger partial charge in [0.05, 0.1) is 7.11 Å². The van der Waals surface area contributed by atoms with Crippen LogP contribution in [0.4, 0.5) is 0 Å². The van der Waals surface area contributed by atoms with Crippen molar-refractivity contribution in [2.75, 3.05) is 13.8 Å². The van der Waals surface area contributed by atoms with Crippen molar-refractivity contribution in [2.45, 2.75) is 58.3 Å². The topological polar surface area (TPSA) is 83.5 Å². The van der Waals surface area contributed by atoms with Crippen molar-refractivity contribution in [3.05, 3.63) is 16.1 Å². The van der Waals surface area contributed by atoms with Gasteiger partial charge < -0.3 is 14.0 Å². The molecular weight excluding hydrogens is 348 g/mol. The molecule has 0 saturated carbocycles. The van der Waals surface area contributed by atoms with Gasteiger partial charge in [-0.25, -0.2) is 9.78 Å². The molecule has 0 unspecified atom stereocenters. The lowest BCUT2D eigenvalue weighted by molar-refractivity contribution is 0.0397. The maximum atomic E-state index is 12.0. The average Bonchev–Trinajstić information content (AvgIpc) is 2.98. The first-order valence-electron chi connectivity index (χ1n) is 7.95. The van der Waals surface area contributed by atoms with E-state index in [0.717, 1.165) is 17.8 Å². The van der Waals surface area contributed by atoms with Crippen LogP contribution in [0.5, 0.6) is 0 Å². The van der Waals surface area contributed by atoms with E-state index < -0.39 is 17.3 Å². The third-order valence-corrected chi connectivity index (χ3v) is 5.66. The van der Waals surface area contributed by atoms with Crippen molar-refractivity contribution < 1.29 is 18.8 Å². The highest BCUT2D eigenvalue weighted by atomic mass is 32.2. The molecule has 2 atom stereocenters. The Bertz CT molecular complexity index is 514. The predicted molar refractivity (Wildman–Crippen MR) is 97.2 cm³/mol. The van der Waals surface area contributed by atoms with Gasteiger partial charge in [0.15, 0.2) is 5.69 Å². The summed E-state index contributed by atoms with van der Waals surface area (Å²) in [5, 5.41) is 2.41. The fourth-order valence-corrected chi connectivity index (χ4v) is 3.28. The van der Waals surface area contributed by atoms with Crippen molar-refractivity contribution in [1.82, 2.24) is 9.71 Å². The third-order valence-electron chi connectivity index (χ3n) is 3.23. The minimum Gasteiger partial charge on any atom is -0.598 e. The second-order valence-electron chi connectivity index (χ2n) is 6.86. The number of aromatic nitrogens is 1. The lowest BCUT2D eigenvalue weighted by atomic mass is 10.1. The molecular formula is C16H28N2O4S2. The number of thiazole rings is 1. The van der Waals surface area contributed by atoms with E-state index in [9.17, 15) is 9.35 Å². The molecule has 6 nitrogen and oxygen atoms in total. The molecule has 0 bridgehead atoms. The lowest BCUT2D eigenvalue weighted by Crippen LogP contribution is -2.40. The van der Waals surface area contributed by atoms with Gasteiger partial charge in [0.2, 0.25) is 0 Å². The molecule has 0 amide bonds. The number of methoxy groups -OCH3 is 1. The lowest BCUT2D eigenvalue weighted by Gasteiger charge is -2.24. The number of rotatable bonds is 9. The minimum absolute atomic E-state index is 0.166. The number of nitrogens with one attached hydrogen (secondary N) is 1. The van der Waals surface area contributed by atoms with Gasteiger partial charge in [0, 0.05) is 16.7 Å². The summed E-state index contributed by atoms with van der Waals surface area (Å²) in [4.78, 5) is 15.9. The molecule has 0 aliphatic carbocycles. The van der Waals surface area contributed by atoms with Crippen LogP contribution in [-0.2, 0) is 20.8 Å². The van der Waals surface area contributed by atoms with Crippen molar-refractivity contribution in [3.8, 4) is 0 Å². The summed E-state index contributed by atoms with van der Waals surface area (Å²) in [6.07, 6.45) is 1.52.